The number of nitrogens with zero attached hydrogens (tertiary/aromatic N) is 2. The molecule has 2 unspecified atom stereocenters. The van der Waals surface area contributed by atoms with Crippen molar-refractivity contribution in [3.63, 3.8) is 0 Å². The molecule has 1 aromatic rings. The van der Waals surface area contributed by atoms with Crippen LogP contribution in [0.1, 0.15) is 18.9 Å². The van der Waals surface area contributed by atoms with Gasteiger partial charge in [-0.05, 0) is 25.5 Å². The molecule has 1 aromatic carbocycles. The smallest absolute Gasteiger partial charge is 0.263 e. The highest BCUT2D eigenvalue weighted by molar-refractivity contribution is 7.91. The molecule has 2 atom stereocenters. The van der Waals surface area contributed by atoms with Gasteiger partial charge < -0.3 is 9.64 Å². The van der Waals surface area contributed by atoms with E-state index in [2.05, 4.69) is 6.58 Å². The Morgan fingerprint density at radius 1 is 1.54 bits per heavy atom. The van der Waals surface area contributed by atoms with E-state index in [0.29, 0.717) is 17.7 Å². The summed E-state index contributed by atoms with van der Waals surface area (Å²) in [6.07, 6.45) is 1.16. The number of nitriles is 1. The largest absolute Gasteiger partial charge is 0.480 e. The SMILES string of the molecule is C=CCN(C(=O)C(C)Oc1ccccc1C#N)C1CCS(=O)(=O)C1. The molecular formula is C17H20N2O4S. The van der Waals surface area contributed by atoms with Crippen molar-refractivity contribution in [2.75, 3.05) is 18.1 Å². The van der Waals surface area contributed by atoms with E-state index in [9.17, 15) is 13.2 Å². The predicted molar refractivity (Wildman–Crippen MR) is 90.2 cm³/mol. The summed E-state index contributed by atoms with van der Waals surface area (Å²) in [5.41, 5.74) is 0.343. The molecule has 1 amide bonds. The Morgan fingerprint density at radius 3 is 2.83 bits per heavy atom. The molecule has 7 heteroatoms. The van der Waals surface area contributed by atoms with Gasteiger partial charge in [-0.15, -0.1) is 6.58 Å². The normalized spacial score (nSPS) is 19.9. The molecule has 1 saturated heterocycles. The van der Waals surface area contributed by atoms with Crippen molar-refractivity contribution in [3.05, 3.63) is 42.5 Å². The Morgan fingerprint density at radius 2 is 2.25 bits per heavy atom. The highest BCUT2D eigenvalue weighted by Gasteiger charge is 2.36. The monoisotopic (exact) mass is 348 g/mol. The van der Waals surface area contributed by atoms with Gasteiger partial charge in [-0.2, -0.15) is 5.26 Å². The van der Waals surface area contributed by atoms with Crippen LogP contribution in [0.2, 0.25) is 0 Å². The summed E-state index contributed by atoms with van der Waals surface area (Å²) in [6, 6.07) is 8.32. The van der Waals surface area contributed by atoms with Crippen molar-refractivity contribution in [2.24, 2.45) is 0 Å². The van der Waals surface area contributed by atoms with Crippen LogP contribution in [0.5, 0.6) is 5.75 Å². The van der Waals surface area contributed by atoms with Crippen molar-refractivity contribution >= 4 is 15.7 Å². The van der Waals surface area contributed by atoms with E-state index in [1.807, 2.05) is 6.07 Å². The second-order valence-corrected chi connectivity index (χ2v) is 7.93. The van der Waals surface area contributed by atoms with Gasteiger partial charge in [0.05, 0.1) is 17.1 Å². The maximum Gasteiger partial charge on any atom is 0.263 e. The average molecular weight is 348 g/mol. The van der Waals surface area contributed by atoms with E-state index in [1.54, 1.807) is 37.3 Å². The lowest BCUT2D eigenvalue weighted by molar-refractivity contribution is -0.139. The van der Waals surface area contributed by atoms with Crippen LogP contribution in [-0.4, -0.2) is 49.4 Å². The minimum atomic E-state index is -3.10. The standard InChI is InChI=1S/C17H20N2O4S/c1-3-9-19(15-8-10-24(21,22)12-15)17(20)13(2)23-16-7-5-4-6-14(16)11-18/h3-7,13,15H,1,8-10,12H2,2H3. The first kappa shape index (κ1) is 18.0. The van der Waals surface area contributed by atoms with Crippen molar-refractivity contribution in [1.82, 2.24) is 4.90 Å². The van der Waals surface area contributed by atoms with Gasteiger partial charge in [-0.25, -0.2) is 8.42 Å². The lowest BCUT2D eigenvalue weighted by Gasteiger charge is -2.29. The zero-order valence-corrected chi connectivity index (χ0v) is 14.3. The van der Waals surface area contributed by atoms with Gasteiger partial charge in [-0.1, -0.05) is 18.2 Å². The number of para-hydroxylation sites is 1. The fourth-order valence-corrected chi connectivity index (χ4v) is 4.45. The van der Waals surface area contributed by atoms with Gasteiger partial charge in [0.25, 0.3) is 5.91 Å². The molecule has 0 aliphatic carbocycles. The van der Waals surface area contributed by atoms with E-state index in [1.165, 1.54) is 4.90 Å². The molecular weight excluding hydrogens is 328 g/mol. The lowest BCUT2D eigenvalue weighted by Crippen LogP contribution is -2.47. The number of carbonyl (C=O) groups excluding carboxylic acids is 1. The molecule has 1 aliphatic rings. The second kappa shape index (κ2) is 7.49. The summed E-state index contributed by atoms with van der Waals surface area (Å²) in [6.45, 7) is 5.48. The Kier molecular flexibility index (Phi) is 5.62. The van der Waals surface area contributed by atoms with Crippen LogP contribution in [0.4, 0.5) is 0 Å². The summed E-state index contributed by atoms with van der Waals surface area (Å²) >= 11 is 0. The molecule has 0 spiro atoms. The van der Waals surface area contributed by atoms with E-state index in [-0.39, 0.29) is 30.0 Å². The zero-order valence-electron chi connectivity index (χ0n) is 13.5. The molecule has 0 radical (unpaired) electrons. The summed E-state index contributed by atoms with van der Waals surface area (Å²) in [4.78, 5) is 14.2. The van der Waals surface area contributed by atoms with E-state index in [0.717, 1.165) is 0 Å². The predicted octanol–water partition coefficient (Wildman–Crippen LogP) is 1.53. The summed E-state index contributed by atoms with van der Waals surface area (Å²) in [7, 11) is -3.10. The summed E-state index contributed by atoms with van der Waals surface area (Å²) < 4.78 is 29.0. The molecule has 0 bridgehead atoms. The number of sulfone groups is 1. The van der Waals surface area contributed by atoms with E-state index < -0.39 is 15.9 Å². The molecule has 0 aromatic heterocycles. The first-order valence-corrected chi connectivity index (χ1v) is 9.47. The van der Waals surface area contributed by atoms with Gasteiger partial charge in [0.15, 0.2) is 15.9 Å². The lowest BCUT2D eigenvalue weighted by atomic mass is 10.2. The third kappa shape index (κ3) is 4.15. The van der Waals surface area contributed by atoms with Crippen molar-refractivity contribution in [2.45, 2.75) is 25.5 Å². The molecule has 0 N–H and O–H groups in total. The van der Waals surface area contributed by atoms with Crippen molar-refractivity contribution in [3.8, 4) is 11.8 Å². The van der Waals surface area contributed by atoms with Crippen LogP contribution >= 0.6 is 0 Å². The number of amides is 1. The maximum atomic E-state index is 12.7. The van der Waals surface area contributed by atoms with Gasteiger partial charge in [0.2, 0.25) is 0 Å². The first-order valence-electron chi connectivity index (χ1n) is 7.65. The number of rotatable bonds is 6. The molecule has 1 aliphatic heterocycles. The topological polar surface area (TPSA) is 87.5 Å². The number of hydrogen-bond acceptors (Lipinski definition) is 5. The van der Waals surface area contributed by atoms with Gasteiger partial charge in [0, 0.05) is 12.6 Å². The highest BCUT2D eigenvalue weighted by Crippen LogP contribution is 2.22. The third-order valence-electron chi connectivity index (χ3n) is 3.92. The molecule has 1 fully saturated rings. The Balaban J connectivity index is 2.14. The Hall–Kier alpha value is -2.33. The van der Waals surface area contributed by atoms with Gasteiger partial charge >= 0.3 is 0 Å². The number of carbonyl (C=O) groups is 1. The van der Waals surface area contributed by atoms with Crippen LogP contribution in [0.15, 0.2) is 36.9 Å². The number of hydrogen-bond donors (Lipinski definition) is 0. The summed E-state index contributed by atoms with van der Waals surface area (Å²) in [5.74, 6) is 0.0716. The maximum absolute atomic E-state index is 12.7. The molecule has 2 rings (SSSR count). The third-order valence-corrected chi connectivity index (χ3v) is 5.67. The second-order valence-electron chi connectivity index (χ2n) is 5.70. The summed E-state index contributed by atoms with van der Waals surface area (Å²) in [5, 5.41) is 9.09. The van der Waals surface area contributed by atoms with Crippen LogP contribution in [0, 0.1) is 11.3 Å². The van der Waals surface area contributed by atoms with Crippen LogP contribution in [0.25, 0.3) is 0 Å². The fourth-order valence-electron chi connectivity index (χ4n) is 2.72. The minimum absolute atomic E-state index is 0.0336. The van der Waals surface area contributed by atoms with Crippen molar-refractivity contribution in [1.29, 1.82) is 5.26 Å². The highest BCUT2D eigenvalue weighted by atomic mass is 32.2. The number of benzene rings is 1. The number of ether oxygens (including phenoxy) is 1. The molecule has 128 valence electrons. The quantitative estimate of drug-likeness (QED) is 0.728. The fraction of sp³-hybridized carbons (Fsp3) is 0.412. The Labute approximate surface area is 142 Å². The van der Waals surface area contributed by atoms with Crippen LogP contribution < -0.4 is 4.74 Å². The van der Waals surface area contributed by atoms with Crippen molar-refractivity contribution < 1.29 is 17.9 Å². The molecule has 6 nitrogen and oxygen atoms in total. The molecule has 24 heavy (non-hydrogen) atoms. The zero-order chi connectivity index (χ0) is 17.7. The van der Waals surface area contributed by atoms with E-state index in [4.69, 9.17) is 10.00 Å². The van der Waals surface area contributed by atoms with Crippen LogP contribution in [-0.2, 0) is 14.6 Å². The average Bonchev–Trinajstić information content (AvgIpc) is 2.92. The Bertz CT molecular complexity index is 767. The van der Waals surface area contributed by atoms with Gasteiger partial charge in [0.1, 0.15) is 11.8 Å². The van der Waals surface area contributed by atoms with Gasteiger partial charge in [-0.3, -0.25) is 4.79 Å². The van der Waals surface area contributed by atoms with Crippen LogP contribution in [0.3, 0.4) is 0 Å². The molecule has 0 saturated carbocycles. The minimum Gasteiger partial charge on any atom is -0.480 e. The first-order chi connectivity index (χ1) is 11.4. The molecule has 1 heterocycles. The van der Waals surface area contributed by atoms with E-state index >= 15 is 0 Å².